The number of benzene rings is 2. The van der Waals surface area contributed by atoms with Crippen molar-refractivity contribution in [2.45, 2.75) is 24.8 Å². The zero-order valence-electron chi connectivity index (χ0n) is 11.6. The van der Waals surface area contributed by atoms with E-state index in [2.05, 4.69) is 4.72 Å². The van der Waals surface area contributed by atoms with Crippen LogP contribution in [0, 0.1) is 5.92 Å². The van der Waals surface area contributed by atoms with Crippen LogP contribution in [0.15, 0.2) is 47.4 Å². The molecule has 2 atom stereocenters. The molecule has 0 aliphatic rings. The normalized spacial score (nSPS) is 15.2. The molecule has 0 aliphatic heterocycles. The lowest BCUT2D eigenvalue weighted by Crippen LogP contribution is -2.38. The Morgan fingerprint density at radius 3 is 2.45 bits per heavy atom. The molecule has 0 saturated carbocycles. The van der Waals surface area contributed by atoms with E-state index < -0.39 is 10.0 Å². The van der Waals surface area contributed by atoms with Crippen molar-refractivity contribution in [2.24, 2.45) is 5.92 Å². The summed E-state index contributed by atoms with van der Waals surface area (Å²) in [6, 6.07) is 12.3. The smallest absolute Gasteiger partial charge is 0.241 e. The maximum absolute atomic E-state index is 12.5. The van der Waals surface area contributed by atoms with E-state index in [0.29, 0.717) is 5.39 Å². The average molecular weight is 293 g/mol. The summed E-state index contributed by atoms with van der Waals surface area (Å²) in [7, 11) is -3.60. The first-order valence-corrected chi connectivity index (χ1v) is 8.05. The van der Waals surface area contributed by atoms with Gasteiger partial charge < -0.3 is 5.11 Å². The lowest BCUT2D eigenvalue weighted by atomic mass is 10.1. The fourth-order valence-corrected chi connectivity index (χ4v) is 3.59. The van der Waals surface area contributed by atoms with Gasteiger partial charge in [-0.05, 0) is 24.3 Å². The highest BCUT2D eigenvalue weighted by atomic mass is 32.2. The van der Waals surface area contributed by atoms with Crippen LogP contribution >= 0.6 is 0 Å². The molecule has 0 aliphatic carbocycles. The van der Waals surface area contributed by atoms with Crippen molar-refractivity contribution in [1.82, 2.24) is 4.72 Å². The summed E-state index contributed by atoms with van der Waals surface area (Å²) < 4.78 is 27.6. The molecular formula is C15H19NO3S. The van der Waals surface area contributed by atoms with Crippen molar-refractivity contribution in [3.8, 4) is 0 Å². The summed E-state index contributed by atoms with van der Waals surface area (Å²) in [6.45, 7) is 3.50. The minimum absolute atomic E-state index is 0.0563. The van der Waals surface area contributed by atoms with Crippen molar-refractivity contribution in [3.05, 3.63) is 42.5 Å². The third-order valence-electron chi connectivity index (χ3n) is 3.52. The third-order valence-corrected chi connectivity index (χ3v) is 5.14. The van der Waals surface area contributed by atoms with E-state index in [1.807, 2.05) is 24.3 Å². The summed E-state index contributed by atoms with van der Waals surface area (Å²) in [4.78, 5) is 0.271. The first-order valence-electron chi connectivity index (χ1n) is 6.56. The first-order chi connectivity index (χ1) is 9.45. The molecule has 0 aromatic heterocycles. The van der Waals surface area contributed by atoms with Crippen LogP contribution in [0.1, 0.15) is 13.8 Å². The van der Waals surface area contributed by atoms with Crippen LogP contribution in [0.5, 0.6) is 0 Å². The van der Waals surface area contributed by atoms with Crippen LogP contribution in [0.3, 0.4) is 0 Å². The molecular weight excluding hydrogens is 274 g/mol. The largest absolute Gasteiger partial charge is 0.396 e. The van der Waals surface area contributed by atoms with Crippen molar-refractivity contribution in [2.75, 3.05) is 6.61 Å². The molecule has 0 saturated heterocycles. The quantitative estimate of drug-likeness (QED) is 0.887. The topological polar surface area (TPSA) is 66.4 Å². The van der Waals surface area contributed by atoms with Gasteiger partial charge in [-0.3, -0.25) is 0 Å². The minimum Gasteiger partial charge on any atom is -0.396 e. The Labute approximate surface area is 119 Å². The van der Waals surface area contributed by atoms with Gasteiger partial charge >= 0.3 is 0 Å². The van der Waals surface area contributed by atoms with Crippen LogP contribution in [-0.4, -0.2) is 26.2 Å². The molecule has 0 bridgehead atoms. The standard InChI is InChI=1S/C15H19NO3S/c1-11(10-17)12(2)16-20(18,19)15-9-5-7-13-6-3-4-8-14(13)15/h3-9,11-12,16-17H,10H2,1-2H3/t11-,12-/m1/s1. The number of fused-ring (bicyclic) bond motifs is 1. The van der Waals surface area contributed by atoms with Gasteiger partial charge in [0.05, 0.1) is 4.90 Å². The highest BCUT2D eigenvalue weighted by Crippen LogP contribution is 2.23. The second-order valence-electron chi connectivity index (χ2n) is 5.05. The number of nitrogens with one attached hydrogen (secondary N) is 1. The van der Waals surface area contributed by atoms with E-state index in [0.717, 1.165) is 5.39 Å². The van der Waals surface area contributed by atoms with Gasteiger partial charge in [0.15, 0.2) is 0 Å². The van der Waals surface area contributed by atoms with Crippen molar-refractivity contribution in [1.29, 1.82) is 0 Å². The van der Waals surface area contributed by atoms with E-state index in [1.54, 1.807) is 32.0 Å². The van der Waals surface area contributed by atoms with Gasteiger partial charge in [0, 0.05) is 18.0 Å². The number of sulfonamides is 1. The molecule has 0 unspecified atom stereocenters. The van der Waals surface area contributed by atoms with Gasteiger partial charge in [0.25, 0.3) is 0 Å². The van der Waals surface area contributed by atoms with E-state index in [1.165, 1.54) is 0 Å². The van der Waals surface area contributed by atoms with Crippen LogP contribution in [0.4, 0.5) is 0 Å². The molecule has 5 heteroatoms. The maximum atomic E-state index is 12.5. The van der Waals surface area contributed by atoms with Crippen molar-refractivity contribution >= 4 is 20.8 Å². The highest BCUT2D eigenvalue weighted by molar-refractivity contribution is 7.89. The summed E-state index contributed by atoms with van der Waals surface area (Å²) in [5.41, 5.74) is 0. The van der Waals surface area contributed by atoms with Crippen LogP contribution < -0.4 is 4.72 Å². The second-order valence-corrected chi connectivity index (χ2v) is 6.73. The van der Waals surface area contributed by atoms with Crippen LogP contribution in [0.2, 0.25) is 0 Å². The SMILES string of the molecule is C[C@H](CO)[C@@H](C)NS(=O)(=O)c1cccc2ccccc12. The minimum atomic E-state index is -3.60. The molecule has 0 fully saturated rings. The zero-order chi connectivity index (χ0) is 14.8. The Morgan fingerprint density at radius 1 is 1.10 bits per heavy atom. The molecule has 0 amide bonds. The van der Waals surface area contributed by atoms with Crippen LogP contribution in [0.25, 0.3) is 10.8 Å². The average Bonchev–Trinajstić information content (AvgIpc) is 2.45. The van der Waals surface area contributed by atoms with Gasteiger partial charge in [-0.2, -0.15) is 0 Å². The lowest BCUT2D eigenvalue weighted by Gasteiger charge is -2.19. The summed E-state index contributed by atoms with van der Waals surface area (Å²) in [5.74, 6) is -0.139. The fourth-order valence-electron chi connectivity index (χ4n) is 2.01. The van der Waals surface area contributed by atoms with Gasteiger partial charge in [-0.15, -0.1) is 0 Å². The number of aliphatic hydroxyl groups excluding tert-OH is 1. The molecule has 0 heterocycles. The number of rotatable bonds is 5. The Kier molecular flexibility index (Phi) is 4.42. The Morgan fingerprint density at radius 2 is 1.75 bits per heavy atom. The highest BCUT2D eigenvalue weighted by Gasteiger charge is 2.22. The molecule has 2 N–H and O–H groups in total. The number of hydrogen-bond donors (Lipinski definition) is 2. The lowest BCUT2D eigenvalue weighted by molar-refractivity contribution is 0.216. The Hall–Kier alpha value is -1.43. The maximum Gasteiger partial charge on any atom is 0.241 e. The summed E-state index contributed by atoms with van der Waals surface area (Å²) in [5, 5.41) is 10.7. The van der Waals surface area contributed by atoms with E-state index in [4.69, 9.17) is 5.11 Å². The molecule has 2 rings (SSSR count). The molecule has 4 nitrogen and oxygen atoms in total. The molecule has 20 heavy (non-hydrogen) atoms. The summed E-state index contributed by atoms with van der Waals surface area (Å²) in [6.07, 6.45) is 0. The first kappa shape index (κ1) is 15.0. The Bertz CT molecular complexity index is 692. The van der Waals surface area contributed by atoms with Crippen molar-refractivity contribution in [3.63, 3.8) is 0 Å². The van der Waals surface area contributed by atoms with Gasteiger partial charge in [0.2, 0.25) is 10.0 Å². The van der Waals surface area contributed by atoms with E-state index in [-0.39, 0.29) is 23.5 Å². The molecule has 2 aromatic carbocycles. The predicted molar refractivity (Wildman–Crippen MR) is 80.0 cm³/mol. The van der Waals surface area contributed by atoms with Gasteiger partial charge in [-0.1, -0.05) is 43.3 Å². The van der Waals surface area contributed by atoms with E-state index in [9.17, 15) is 8.42 Å². The van der Waals surface area contributed by atoms with Gasteiger partial charge in [0.1, 0.15) is 0 Å². The molecule has 108 valence electrons. The molecule has 0 spiro atoms. The van der Waals surface area contributed by atoms with Crippen LogP contribution in [-0.2, 0) is 10.0 Å². The summed E-state index contributed by atoms with van der Waals surface area (Å²) >= 11 is 0. The molecule has 0 radical (unpaired) electrons. The fraction of sp³-hybridized carbons (Fsp3) is 0.333. The predicted octanol–water partition coefficient (Wildman–Crippen LogP) is 2.13. The third kappa shape index (κ3) is 3.00. The molecule has 2 aromatic rings. The number of aliphatic hydroxyl groups is 1. The number of hydrogen-bond acceptors (Lipinski definition) is 3. The monoisotopic (exact) mass is 293 g/mol. The Balaban J connectivity index is 2.42. The zero-order valence-corrected chi connectivity index (χ0v) is 12.4. The van der Waals surface area contributed by atoms with Crippen molar-refractivity contribution < 1.29 is 13.5 Å². The van der Waals surface area contributed by atoms with E-state index >= 15 is 0 Å². The second kappa shape index (κ2) is 5.91. The van der Waals surface area contributed by atoms with Gasteiger partial charge in [-0.25, -0.2) is 13.1 Å².